The number of benzene rings is 1. The van der Waals surface area contributed by atoms with E-state index in [1.165, 1.54) is 0 Å². The number of hydrogen-bond acceptors (Lipinski definition) is 2. The van der Waals surface area contributed by atoms with Crippen LogP contribution in [0, 0.1) is 0 Å². The number of aryl methyl sites for hydroxylation is 1. The van der Waals surface area contributed by atoms with E-state index in [-0.39, 0.29) is 0 Å². The minimum atomic E-state index is 0.539. The van der Waals surface area contributed by atoms with Crippen molar-refractivity contribution in [3.8, 4) is 11.4 Å². The first-order valence-corrected chi connectivity index (χ1v) is 6.14. The number of nitrogens with two attached hydrogens (primary N) is 1. The van der Waals surface area contributed by atoms with Crippen LogP contribution < -0.4 is 5.73 Å². The predicted molar refractivity (Wildman–Crippen MR) is 71.4 cm³/mol. The van der Waals surface area contributed by atoms with Gasteiger partial charge in [0.15, 0.2) is 0 Å². The standard InChI is InChI=1S/C12H13Cl2N3/c13-10-3-2-9(8-11(10)14)12-16-5-7-17(12)6-1-4-15/h2-3,5,7-8H,1,4,6,15H2. The molecule has 0 radical (unpaired) electrons. The van der Waals surface area contributed by atoms with Crippen molar-refractivity contribution < 1.29 is 0 Å². The SMILES string of the molecule is NCCCn1ccnc1-c1ccc(Cl)c(Cl)c1. The summed E-state index contributed by atoms with van der Waals surface area (Å²) in [6.45, 7) is 1.52. The van der Waals surface area contributed by atoms with Gasteiger partial charge < -0.3 is 10.3 Å². The fourth-order valence-corrected chi connectivity index (χ4v) is 1.94. The first-order valence-electron chi connectivity index (χ1n) is 5.39. The first kappa shape index (κ1) is 12.4. The molecule has 0 aliphatic heterocycles. The van der Waals surface area contributed by atoms with Crippen LogP contribution in [0.1, 0.15) is 6.42 Å². The summed E-state index contributed by atoms with van der Waals surface area (Å²) in [6.07, 6.45) is 4.63. The second-order valence-corrected chi connectivity index (χ2v) is 4.53. The third kappa shape index (κ3) is 2.80. The third-order valence-corrected chi connectivity index (χ3v) is 3.24. The molecule has 0 bridgehead atoms. The Bertz CT molecular complexity index is 508. The average Bonchev–Trinajstić information content (AvgIpc) is 2.78. The van der Waals surface area contributed by atoms with Gasteiger partial charge in [0.25, 0.3) is 0 Å². The van der Waals surface area contributed by atoms with Crippen LogP contribution in [0.4, 0.5) is 0 Å². The molecule has 5 heteroatoms. The van der Waals surface area contributed by atoms with Gasteiger partial charge in [0.1, 0.15) is 5.82 Å². The lowest BCUT2D eigenvalue weighted by atomic mass is 10.2. The molecule has 90 valence electrons. The second-order valence-electron chi connectivity index (χ2n) is 3.72. The summed E-state index contributed by atoms with van der Waals surface area (Å²) < 4.78 is 2.06. The van der Waals surface area contributed by atoms with Gasteiger partial charge in [-0.1, -0.05) is 23.2 Å². The summed E-state index contributed by atoms with van der Waals surface area (Å²) in [5, 5.41) is 1.09. The van der Waals surface area contributed by atoms with Gasteiger partial charge >= 0.3 is 0 Å². The summed E-state index contributed by atoms with van der Waals surface area (Å²) in [5.41, 5.74) is 6.47. The zero-order chi connectivity index (χ0) is 12.3. The highest BCUT2D eigenvalue weighted by molar-refractivity contribution is 6.42. The van der Waals surface area contributed by atoms with Crippen LogP contribution in [-0.4, -0.2) is 16.1 Å². The Morgan fingerprint density at radius 1 is 1.24 bits per heavy atom. The van der Waals surface area contributed by atoms with E-state index < -0.39 is 0 Å². The summed E-state index contributed by atoms with van der Waals surface area (Å²) in [4.78, 5) is 4.33. The number of rotatable bonds is 4. The molecule has 1 heterocycles. The minimum absolute atomic E-state index is 0.539. The maximum Gasteiger partial charge on any atom is 0.139 e. The van der Waals surface area contributed by atoms with E-state index in [1.54, 1.807) is 12.3 Å². The van der Waals surface area contributed by atoms with E-state index >= 15 is 0 Å². The van der Waals surface area contributed by atoms with Crippen molar-refractivity contribution in [2.45, 2.75) is 13.0 Å². The third-order valence-electron chi connectivity index (χ3n) is 2.50. The average molecular weight is 270 g/mol. The lowest BCUT2D eigenvalue weighted by molar-refractivity contribution is 0.656. The van der Waals surface area contributed by atoms with Crippen molar-refractivity contribution in [1.82, 2.24) is 9.55 Å². The molecule has 2 aromatic rings. The maximum absolute atomic E-state index is 6.00. The minimum Gasteiger partial charge on any atom is -0.331 e. The number of imidazole rings is 1. The van der Waals surface area contributed by atoms with E-state index in [2.05, 4.69) is 9.55 Å². The Hall–Kier alpha value is -1.03. The molecule has 1 aromatic carbocycles. The molecule has 0 saturated heterocycles. The Morgan fingerprint density at radius 2 is 2.06 bits per heavy atom. The molecule has 0 aliphatic carbocycles. The van der Waals surface area contributed by atoms with Crippen molar-refractivity contribution in [3.63, 3.8) is 0 Å². The van der Waals surface area contributed by atoms with E-state index in [4.69, 9.17) is 28.9 Å². The van der Waals surface area contributed by atoms with Crippen molar-refractivity contribution >= 4 is 23.2 Å². The highest BCUT2D eigenvalue weighted by Crippen LogP contribution is 2.27. The van der Waals surface area contributed by atoms with Crippen LogP contribution in [0.15, 0.2) is 30.6 Å². The predicted octanol–water partition coefficient (Wildman–Crippen LogP) is 3.21. The zero-order valence-corrected chi connectivity index (χ0v) is 10.7. The lowest BCUT2D eigenvalue weighted by Gasteiger charge is -2.07. The number of hydrogen-bond donors (Lipinski definition) is 1. The smallest absolute Gasteiger partial charge is 0.139 e. The van der Waals surface area contributed by atoms with Crippen LogP contribution in [-0.2, 0) is 6.54 Å². The highest BCUT2D eigenvalue weighted by Gasteiger charge is 2.07. The van der Waals surface area contributed by atoms with Crippen LogP contribution in [0.2, 0.25) is 10.0 Å². The van der Waals surface area contributed by atoms with Gasteiger partial charge in [-0.3, -0.25) is 0 Å². The van der Waals surface area contributed by atoms with Gasteiger partial charge in [0.05, 0.1) is 10.0 Å². The molecule has 0 fully saturated rings. The van der Waals surface area contributed by atoms with Gasteiger partial charge in [0.2, 0.25) is 0 Å². The van der Waals surface area contributed by atoms with E-state index in [0.29, 0.717) is 16.6 Å². The Balaban J connectivity index is 2.32. The van der Waals surface area contributed by atoms with E-state index in [9.17, 15) is 0 Å². The number of nitrogens with zero attached hydrogens (tertiary/aromatic N) is 2. The lowest BCUT2D eigenvalue weighted by Crippen LogP contribution is -2.06. The van der Waals surface area contributed by atoms with Gasteiger partial charge in [-0.2, -0.15) is 0 Å². The molecule has 1 aromatic heterocycles. The summed E-state index contributed by atoms with van der Waals surface area (Å²) >= 11 is 11.9. The van der Waals surface area contributed by atoms with Crippen LogP contribution >= 0.6 is 23.2 Å². The molecule has 3 nitrogen and oxygen atoms in total. The van der Waals surface area contributed by atoms with Crippen molar-refractivity contribution in [1.29, 1.82) is 0 Å². The van der Waals surface area contributed by atoms with Crippen molar-refractivity contribution in [2.24, 2.45) is 5.73 Å². The van der Waals surface area contributed by atoms with Crippen molar-refractivity contribution in [2.75, 3.05) is 6.54 Å². The zero-order valence-electron chi connectivity index (χ0n) is 9.24. The number of aromatic nitrogens is 2. The van der Waals surface area contributed by atoms with Crippen molar-refractivity contribution in [3.05, 3.63) is 40.6 Å². The molecule has 2 rings (SSSR count). The Kier molecular flexibility index (Phi) is 4.05. The highest BCUT2D eigenvalue weighted by atomic mass is 35.5. The molecular formula is C12H13Cl2N3. The van der Waals surface area contributed by atoms with E-state index in [1.807, 2.05) is 18.3 Å². The molecule has 0 aliphatic rings. The van der Waals surface area contributed by atoms with Crippen LogP contribution in [0.25, 0.3) is 11.4 Å². The van der Waals surface area contributed by atoms with Gasteiger partial charge in [-0.25, -0.2) is 4.98 Å². The first-order chi connectivity index (χ1) is 8.22. The number of halogens is 2. The van der Waals surface area contributed by atoms with Gasteiger partial charge in [0, 0.05) is 24.5 Å². The van der Waals surface area contributed by atoms with Gasteiger partial charge in [-0.15, -0.1) is 0 Å². The molecular weight excluding hydrogens is 257 g/mol. The van der Waals surface area contributed by atoms with Crippen LogP contribution in [0.5, 0.6) is 0 Å². The normalized spacial score (nSPS) is 10.8. The maximum atomic E-state index is 6.00. The quantitative estimate of drug-likeness (QED) is 0.927. The molecule has 2 N–H and O–H groups in total. The Labute approximate surface area is 110 Å². The summed E-state index contributed by atoms with van der Waals surface area (Å²) in [5.74, 6) is 0.886. The monoisotopic (exact) mass is 269 g/mol. The molecule has 0 saturated carbocycles. The summed E-state index contributed by atoms with van der Waals surface area (Å²) in [6, 6.07) is 5.52. The molecule has 0 unspecified atom stereocenters. The molecule has 0 atom stereocenters. The fraction of sp³-hybridized carbons (Fsp3) is 0.250. The Morgan fingerprint density at radius 3 is 2.76 bits per heavy atom. The largest absolute Gasteiger partial charge is 0.331 e. The van der Waals surface area contributed by atoms with Crippen LogP contribution in [0.3, 0.4) is 0 Å². The molecule has 0 amide bonds. The molecule has 0 spiro atoms. The van der Waals surface area contributed by atoms with Gasteiger partial charge in [-0.05, 0) is 31.2 Å². The second kappa shape index (κ2) is 5.54. The summed E-state index contributed by atoms with van der Waals surface area (Å²) in [7, 11) is 0. The topological polar surface area (TPSA) is 43.8 Å². The fourth-order valence-electron chi connectivity index (χ4n) is 1.65. The van der Waals surface area contributed by atoms with E-state index in [0.717, 1.165) is 24.4 Å². The molecule has 17 heavy (non-hydrogen) atoms.